The average molecular weight is 523 g/mol. The molecule has 0 spiro atoms. The van der Waals surface area contributed by atoms with Crippen molar-refractivity contribution >= 4 is 23.8 Å². The Morgan fingerprint density at radius 2 is 1.26 bits per heavy atom. The Hall–Kier alpha value is -3.41. The molecule has 0 heterocycles. The number of ether oxygens (including phenoxy) is 3. The summed E-state index contributed by atoms with van der Waals surface area (Å²) < 4.78 is 17.2. The van der Waals surface area contributed by atoms with Gasteiger partial charge in [-0.25, -0.2) is 0 Å². The fraction of sp³-hybridized carbons (Fsp3) is 0.469. The molecule has 0 fully saturated rings. The first-order chi connectivity index (χ1) is 17.3. The lowest BCUT2D eigenvalue weighted by atomic mass is 9.85. The predicted molar refractivity (Wildman–Crippen MR) is 151 cm³/mol. The van der Waals surface area contributed by atoms with Crippen molar-refractivity contribution in [1.29, 1.82) is 0 Å². The first kappa shape index (κ1) is 30.8. The van der Waals surface area contributed by atoms with Crippen LogP contribution in [-0.2, 0) is 15.0 Å². The van der Waals surface area contributed by atoms with E-state index in [-0.39, 0.29) is 29.2 Å². The predicted octanol–water partition coefficient (Wildman–Crippen LogP) is 7.57. The minimum Gasteiger partial charge on any atom is -0.490 e. The van der Waals surface area contributed by atoms with Gasteiger partial charge in [0.15, 0.2) is 5.78 Å². The van der Waals surface area contributed by atoms with Crippen LogP contribution in [0.15, 0.2) is 42.5 Å². The Bertz CT molecular complexity index is 1200. The van der Waals surface area contributed by atoms with Gasteiger partial charge < -0.3 is 14.2 Å². The number of ketones is 1. The normalized spacial score (nSPS) is 12.5. The molecule has 0 aliphatic heterocycles. The van der Waals surface area contributed by atoms with Crippen LogP contribution in [0.25, 0.3) is 6.08 Å². The lowest BCUT2D eigenvalue weighted by molar-refractivity contribution is -0.143. The monoisotopic (exact) mass is 522 g/mol. The molecule has 0 bridgehead atoms. The van der Waals surface area contributed by atoms with Crippen molar-refractivity contribution in [2.45, 2.75) is 87.7 Å². The summed E-state index contributed by atoms with van der Waals surface area (Å²) in [5.74, 6) is 0.437. The van der Waals surface area contributed by atoms with Crippen molar-refractivity contribution < 1.29 is 28.6 Å². The molecule has 0 N–H and O–H groups in total. The molecule has 0 aromatic heterocycles. The van der Waals surface area contributed by atoms with Gasteiger partial charge in [0.05, 0.1) is 16.9 Å². The van der Waals surface area contributed by atoms with Crippen LogP contribution in [-0.4, -0.2) is 23.8 Å². The largest absolute Gasteiger partial charge is 0.490 e. The molecule has 38 heavy (non-hydrogen) atoms. The Kier molecular flexibility index (Phi) is 9.36. The summed E-state index contributed by atoms with van der Waals surface area (Å²) in [5, 5.41) is 0. The number of carbonyl (C=O) groups is 3. The van der Waals surface area contributed by atoms with E-state index in [1.165, 1.54) is 6.08 Å². The minimum absolute atomic E-state index is 0.132. The van der Waals surface area contributed by atoms with E-state index in [9.17, 15) is 14.4 Å². The molecule has 206 valence electrons. The van der Waals surface area contributed by atoms with Gasteiger partial charge in [-0.2, -0.15) is 0 Å². The minimum atomic E-state index is -0.667. The Morgan fingerprint density at radius 1 is 0.737 bits per heavy atom. The van der Waals surface area contributed by atoms with Crippen LogP contribution >= 0.6 is 0 Å². The van der Waals surface area contributed by atoms with E-state index >= 15 is 0 Å². The molecule has 0 aliphatic rings. The first-order valence-corrected chi connectivity index (χ1v) is 12.9. The molecule has 2 aromatic rings. The topological polar surface area (TPSA) is 78.9 Å². The molecule has 0 saturated carbocycles. The second-order valence-corrected chi connectivity index (χ2v) is 12.8. The van der Waals surface area contributed by atoms with Crippen molar-refractivity contribution in [3.63, 3.8) is 0 Å². The summed E-state index contributed by atoms with van der Waals surface area (Å²) in [6.45, 7) is 20.7. The van der Waals surface area contributed by atoms with E-state index in [1.807, 2.05) is 40.7 Å². The molecular weight excluding hydrogens is 480 g/mol. The number of hydrogen-bond acceptors (Lipinski definition) is 6. The molecule has 2 aromatic carbocycles. The summed E-state index contributed by atoms with van der Waals surface area (Å²) in [6.07, 6.45) is 3.05. The molecule has 0 aliphatic carbocycles. The first-order valence-electron chi connectivity index (χ1n) is 12.9. The Balaban J connectivity index is 2.42. The highest BCUT2D eigenvalue weighted by Crippen LogP contribution is 2.39. The number of esters is 2. The van der Waals surface area contributed by atoms with Crippen LogP contribution in [0.3, 0.4) is 0 Å². The SMILES string of the molecule is CC(C)Oc1cc(OC(=O)C(C)(C)C)c(C(C)(C)C)cc1C=CC(=O)c1ccc(OC(=O)C(C)(C)C)cc1. The fourth-order valence-electron chi connectivity index (χ4n) is 3.20. The second kappa shape index (κ2) is 11.5. The van der Waals surface area contributed by atoms with Crippen LogP contribution in [0.5, 0.6) is 17.2 Å². The lowest BCUT2D eigenvalue weighted by Crippen LogP contribution is -2.27. The maximum Gasteiger partial charge on any atom is 0.316 e. The highest BCUT2D eigenvalue weighted by molar-refractivity contribution is 6.07. The van der Waals surface area contributed by atoms with E-state index in [0.717, 1.165) is 5.56 Å². The van der Waals surface area contributed by atoms with Gasteiger partial charge in [-0.15, -0.1) is 0 Å². The molecule has 0 unspecified atom stereocenters. The maximum absolute atomic E-state index is 12.9. The Labute approximate surface area is 227 Å². The van der Waals surface area contributed by atoms with Gasteiger partial charge in [0.25, 0.3) is 0 Å². The maximum atomic E-state index is 12.9. The van der Waals surface area contributed by atoms with Gasteiger partial charge in [0.1, 0.15) is 17.2 Å². The fourth-order valence-corrected chi connectivity index (χ4v) is 3.20. The van der Waals surface area contributed by atoms with E-state index in [2.05, 4.69) is 0 Å². The van der Waals surface area contributed by atoms with E-state index in [1.54, 1.807) is 78.0 Å². The smallest absolute Gasteiger partial charge is 0.316 e. The quantitative estimate of drug-likeness (QED) is 0.161. The van der Waals surface area contributed by atoms with E-state index in [0.29, 0.717) is 28.4 Å². The third-order valence-corrected chi connectivity index (χ3v) is 5.47. The number of rotatable bonds is 7. The second-order valence-electron chi connectivity index (χ2n) is 12.8. The van der Waals surface area contributed by atoms with E-state index < -0.39 is 10.8 Å². The van der Waals surface area contributed by atoms with Crippen LogP contribution in [0.4, 0.5) is 0 Å². The number of allylic oxidation sites excluding steroid dienone is 1. The van der Waals surface area contributed by atoms with Crippen molar-refractivity contribution in [2.75, 3.05) is 0 Å². The standard InChI is InChI=1S/C32H42O6/c1-20(2)36-26-19-27(38-29(35)32(9,10)11)24(30(3,4)5)18-22(26)14-17-25(33)21-12-15-23(16-13-21)37-28(34)31(6,7)8/h12-20H,1-11H3. The summed E-state index contributed by atoms with van der Waals surface area (Å²) in [5.41, 5.74) is 0.345. The van der Waals surface area contributed by atoms with Gasteiger partial charge in [-0.1, -0.05) is 20.8 Å². The zero-order valence-electron chi connectivity index (χ0n) is 24.6. The Morgan fingerprint density at radius 3 is 1.74 bits per heavy atom. The zero-order chi connectivity index (χ0) is 29.1. The third kappa shape index (κ3) is 8.57. The van der Waals surface area contributed by atoms with Gasteiger partial charge in [0.2, 0.25) is 0 Å². The van der Waals surface area contributed by atoms with Crippen LogP contribution in [0.1, 0.15) is 97.6 Å². The third-order valence-electron chi connectivity index (χ3n) is 5.47. The van der Waals surface area contributed by atoms with Crippen molar-refractivity contribution in [1.82, 2.24) is 0 Å². The number of carbonyl (C=O) groups excluding carboxylic acids is 3. The summed E-state index contributed by atoms with van der Waals surface area (Å²) in [4.78, 5) is 37.7. The molecule has 0 atom stereocenters. The average Bonchev–Trinajstić information content (AvgIpc) is 2.76. The lowest BCUT2D eigenvalue weighted by Gasteiger charge is -2.26. The molecule has 2 rings (SSSR count). The number of benzene rings is 2. The van der Waals surface area contributed by atoms with Crippen LogP contribution in [0, 0.1) is 10.8 Å². The molecule has 0 radical (unpaired) electrons. The van der Waals surface area contributed by atoms with Gasteiger partial charge in [0, 0.05) is 22.8 Å². The highest BCUT2D eigenvalue weighted by Gasteiger charge is 2.28. The van der Waals surface area contributed by atoms with Gasteiger partial charge >= 0.3 is 11.9 Å². The van der Waals surface area contributed by atoms with Gasteiger partial charge in [-0.05, 0) is 103 Å². The van der Waals surface area contributed by atoms with Crippen molar-refractivity contribution in [2.24, 2.45) is 10.8 Å². The summed E-state index contributed by atoms with van der Waals surface area (Å²) in [6, 6.07) is 10.1. The van der Waals surface area contributed by atoms with Crippen molar-refractivity contribution in [3.8, 4) is 17.2 Å². The van der Waals surface area contributed by atoms with Crippen molar-refractivity contribution in [3.05, 3.63) is 59.2 Å². The molecular formula is C32H42O6. The highest BCUT2D eigenvalue weighted by atomic mass is 16.5. The zero-order valence-corrected chi connectivity index (χ0v) is 24.6. The van der Waals surface area contributed by atoms with Gasteiger partial charge in [-0.3, -0.25) is 14.4 Å². The molecule has 0 saturated heterocycles. The molecule has 0 amide bonds. The number of hydrogen-bond donors (Lipinski definition) is 0. The molecule has 6 nitrogen and oxygen atoms in total. The van der Waals surface area contributed by atoms with Crippen LogP contribution in [0.2, 0.25) is 0 Å². The molecule has 6 heteroatoms. The van der Waals surface area contributed by atoms with E-state index in [4.69, 9.17) is 14.2 Å². The summed E-state index contributed by atoms with van der Waals surface area (Å²) >= 11 is 0. The summed E-state index contributed by atoms with van der Waals surface area (Å²) in [7, 11) is 0. The van der Waals surface area contributed by atoms with Crippen LogP contribution < -0.4 is 14.2 Å².